The van der Waals surface area contributed by atoms with Crippen LogP contribution in [0, 0.1) is 0 Å². The number of likely N-dealkylation sites (N-methyl/N-ethyl adjacent to an activating group) is 1. The molecule has 2 aliphatic rings. The van der Waals surface area contributed by atoms with Crippen LogP contribution in [0.3, 0.4) is 0 Å². The van der Waals surface area contributed by atoms with Gasteiger partial charge >= 0.3 is 0 Å². The summed E-state index contributed by atoms with van der Waals surface area (Å²) >= 11 is 1.78. The molecule has 0 aliphatic carbocycles. The second-order valence-corrected chi connectivity index (χ2v) is 11.0. The van der Waals surface area contributed by atoms with E-state index in [-0.39, 0.29) is 31.2 Å². The van der Waals surface area contributed by atoms with Crippen molar-refractivity contribution < 1.29 is 19.1 Å². The van der Waals surface area contributed by atoms with Gasteiger partial charge in [-0.15, -0.1) is 0 Å². The molecule has 5 rings (SSSR count). The maximum absolute atomic E-state index is 13.1. The van der Waals surface area contributed by atoms with Crippen molar-refractivity contribution in [3.05, 3.63) is 89.5 Å². The van der Waals surface area contributed by atoms with Crippen molar-refractivity contribution in [2.45, 2.75) is 36.9 Å². The van der Waals surface area contributed by atoms with Crippen LogP contribution >= 0.6 is 11.9 Å². The summed E-state index contributed by atoms with van der Waals surface area (Å²) in [6.45, 7) is 4.64. The highest BCUT2D eigenvalue weighted by Crippen LogP contribution is 2.34. The molecule has 0 saturated carbocycles. The minimum Gasteiger partial charge on any atom is -0.489 e. The predicted molar refractivity (Wildman–Crippen MR) is 156 cm³/mol. The minimum absolute atomic E-state index is 0.208. The molecule has 1 atom stereocenters. The van der Waals surface area contributed by atoms with Crippen molar-refractivity contribution in [2.75, 3.05) is 38.1 Å². The standard InChI is InChI=1S/C31H34N4O4S/c1-32-30(37)28(10-6-20-36)35-21-27-26(31(35)38)9-5-11-29(27)39-22-23-12-14-25(15-13-23)40-34-18-16-33(17-19-34)24-7-3-2-4-8-24/h2-5,7-9,11-15,20,28H,6,10,16-19,21-22H2,1H3,(H,32,37). The Hall–Kier alpha value is -3.82. The fourth-order valence-electron chi connectivity index (χ4n) is 5.17. The van der Waals surface area contributed by atoms with Gasteiger partial charge in [-0.25, -0.2) is 4.31 Å². The molecule has 2 heterocycles. The lowest BCUT2D eigenvalue weighted by Gasteiger charge is -2.35. The third-order valence-electron chi connectivity index (χ3n) is 7.35. The highest BCUT2D eigenvalue weighted by atomic mass is 32.2. The SMILES string of the molecule is CNC(=O)C(CCC=O)N1Cc2c(OCc3ccc(SN4CCN(c5ccccc5)CC4)cc3)cccc2C1=O. The zero-order valence-corrected chi connectivity index (χ0v) is 23.4. The van der Waals surface area contributed by atoms with E-state index in [1.807, 2.05) is 6.07 Å². The van der Waals surface area contributed by atoms with E-state index in [1.54, 1.807) is 24.1 Å². The van der Waals surface area contributed by atoms with E-state index in [4.69, 9.17) is 4.74 Å². The van der Waals surface area contributed by atoms with Gasteiger partial charge in [0.2, 0.25) is 5.91 Å². The van der Waals surface area contributed by atoms with E-state index < -0.39 is 6.04 Å². The maximum Gasteiger partial charge on any atom is 0.255 e. The van der Waals surface area contributed by atoms with Gasteiger partial charge in [-0.3, -0.25) is 9.59 Å². The van der Waals surface area contributed by atoms with Crippen LogP contribution in [0.2, 0.25) is 0 Å². The number of rotatable bonds is 11. The first-order chi connectivity index (χ1) is 19.6. The monoisotopic (exact) mass is 558 g/mol. The molecule has 9 heteroatoms. The Balaban J connectivity index is 1.16. The van der Waals surface area contributed by atoms with Crippen molar-refractivity contribution in [1.82, 2.24) is 14.5 Å². The largest absolute Gasteiger partial charge is 0.489 e. The van der Waals surface area contributed by atoms with Crippen LogP contribution in [0.4, 0.5) is 5.69 Å². The Morgan fingerprint density at radius 1 is 1.00 bits per heavy atom. The number of ether oxygens (including phenoxy) is 1. The van der Waals surface area contributed by atoms with Gasteiger partial charge in [-0.2, -0.15) is 0 Å². The summed E-state index contributed by atoms with van der Waals surface area (Å²) in [5.41, 5.74) is 3.62. The van der Waals surface area contributed by atoms with E-state index in [9.17, 15) is 14.4 Å². The van der Waals surface area contributed by atoms with Crippen molar-refractivity contribution in [3.8, 4) is 5.75 Å². The summed E-state index contributed by atoms with van der Waals surface area (Å²) < 4.78 is 8.57. The number of benzene rings is 3. The van der Waals surface area contributed by atoms with Crippen LogP contribution in [0.15, 0.2) is 77.7 Å². The molecule has 1 unspecified atom stereocenters. The van der Waals surface area contributed by atoms with Crippen LogP contribution in [0.25, 0.3) is 0 Å². The topological polar surface area (TPSA) is 82.2 Å². The number of carbonyl (C=O) groups is 3. The highest BCUT2D eigenvalue weighted by molar-refractivity contribution is 7.97. The summed E-state index contributed by atoms with van der Waals surface area (Å²) in [7, 11) is 1.54. The van der Waals surface area contributed by atoms with E-state index >= 15 is 0 Å². The number of amides is 2. The van der Waals surface area contributed by atoms with Crippen LogP contribution in [0.5, 0.6) is 5.75 Å². The molecule has 1 fully saturated rings. The molecule has 0 bridgehead atoms. The molecule has 3 aromatic carbocycles. The Labute approximate surface area is 239 Å². The number of para-hydroxylation sites is 1. The number of anilines is 1. The lowest BCUT2D eigenvalue weighted by Crippen LogP contribution is -2.46. The van der Waals surface area contributed by atoms with Crippen molar-refractivity contribution in [1.29, 1.82) is 0 Å². The fraction of sp³-hybridized carbons (Fsp3) is 0.323. The third-order valence-corrected chi connectivity index (χ3v) is 8.45. The van der Waals surface area contributed by atoms with Gasteiger partial charge in [0.1, 0.15) is 24.7 Å². The Morgan fingerprint density at radius 2 is 1.75 bits per heavy atom. The van der Waals surface area contributed by atoms with Gasteiger partial charge in [0.05, 0.1) is 6.54 Å². The van der Waals surface area contributed by atoms with Crippen LogP contribution in [-0.4, -0.2) is 66.6 Å². The van der Waals surface area contributed by atoms with E-state index in [0.717, 1.165) is 43.6 Å². The molecule has 208 valence electrons. The molecule has 2 aliphatic heterocycles. The predicted octanol–water partition coefficient (Wildman–Crippen LogP) is 4.14. The summed E-state index contributed by atoms with van der Waals surface area (Å²) in [6.07, 6.45) is 1.26. The Bertz CT molecular complexity index is 1330. The minimum atomic E-state index is -0.700. The number of carbonyl (C=O) groups excluding carboxylic acids is 3. The lowest BCUT2D eigenvalue weighted by molar-refractivity contribution is -0.125. The number of hydrogen-bond acceptors (Lipinski definition) is 7. The average molecular weight is 559 g/mol. The molecule has 8 nitrogen and oxygen atoms in total. The van der Waals surface area contributed by atoms with Gasteiger partial charge in [0.25, 0.3) is 5.91 Å². The molecule has 2 amide bonds. The number of piperazine rings is 1. The average Bonchev–Trinajstić information content (AvgIpc) is 3.34. The highest BCUT2D eigenvalue weighted by Gasteiger charge is 2.37. The summed E-state index contributed by atoms with van der Waals surface area (Å²) in [5.74, 6) is 0.140. The van der Waals surface area contributed by atoms with Crippen LogP contribution in [-0.2, 0) is 22.7 Å². The molecule has 0 spiro atoms. The molecular formula is C31H34N4O4S. The lowest BCUT2D eigenvalue weighted by atomic mass is 10.1. The van der Waals surface area contributed by atoms with Gasteiger partial charge in [0.15, 0.2) is 0 Å². The molecule has 1 N–H and O–H groups in total. The van der Waals surface area contributed by atoms with E-state index in [1.165, 1.54) is 22.5 Å². The molecule has 0 aromatic heterocycles. The second-order valence-electron chi connectivity index (χ2n) is 9.86. The van der Waals surface area contributed by atoms with Gasteiger partial charge in [-0.1, -0.05) is 36.4 Å². The smallest absolute Gasteiger partial charge is 0.255 e. The zero-order valence-electron chi connectivity index (χ0n) is 22.6. The quantitative estimate of drug-likeness (QED) is 0.280. The summed E-state index contributed by atoms with van der Waals surface area (Å²) in [4.78, 5) is 41.7. The Morgan fingerprint density at radius 3 is 2.45 bits per heavy atom. The third kappa shape index (κ3) is 6.32. The van der Waals surface area contributed by atoms with Crippen molar-refractivity contribution in [2.24, 2.45) is 0 Å². The first kappa shape index (κ1) is 27.7. The van der Waals surface area contributed by atoms with Crippen molar-refractivity contribution in [3.63, 3.8) is 0 Å². The van der Waals surface area contributed by atoms with Gasteiger partial charge in [-0.05, 0) is 60.3 Å². The molecule has 3 aromatic rings. The Kier molecular flexibility index (Phi) is 9.03. The summed E-state index contributed by atoms with van der Waals surface area (Å²) in [6, 6.07) is 23.7. The number of hydrogen-bond donors (Lipinski definition) is 1. The van der Waals surface area contributed by atoms with E-state index in [0.29, 0.717) is 17.9 Å². The number of nitrogens with zero attached hydrogens (tertiary/aromatic N) is 3. The molecule has 0 radical (unpaired) electrons. The zero-order chi connectivity index (χ0) is 27.9. The number of nitrogens with one attached hydrogen (secondary N) is 1. The first-order valence-electron chi connectivity index (χ1n) is 13.6. The summed E-state index contributed by atoms with van der Waals surface area (Å²) in [5, 5.41) is 2.61. The first-order valence-corrected chi connectivity index (χ1v) is 14.4. The van der Waals surface area contributed by atoms with Gasteiger partial charge < -0.3 is 24.6 Å². The van der Waals surface area contributed by atoms with Crippen molar-refractivity contribution >= 4 is 35.7 Å². The molecular weight excluding hydrogens is 524 g/mol. The maximum atomic E-state index is 13.1. The van der Waals surface area contributed by atoms with Gasteiger partial charge in [0, 0.05) is 61.4 Å². The normalized spacial score (nSPS) is 16.0. The van der Waals surface area contributed by atoms with Crippen LogP contribution in [0.1, 0.15) is 34.3 Å². The number of fused-ring (bicyclic) bond motifs is 1. The number of aldehydes is 1. The molecule has 40 heavy (non-hydrogen) atoms. The van der Waals surface area contributed by atoms with E-state index in [2.05, 4.69) is 69.1 Å². The fourth-order valence-corrected chi connectivity index (χ4v) is 6.07. The van der Waals surface area contributed by atoms with Crippen LogP contribution < -0.4 is 15.0 Å². The molecule has 1 saturated heterocycles. The second kappa shape index (κ2) is 13.0.